The van der Waals surface area contributed by atoms with Gasteiger partial charge in [-0.15, -0.1) is 0 Å². The number of carboxylic acids is 1. The van der Waals surface area contributed by atoms with Crippen LogP contribution in [0, 0.1) is 18.8 Å². The van der Waals surface area contributed by atoms with Crippen molar-refractivity contribution >= 4 is 17.7 Å². The number of aryl methyl sites for hydroxylation is 1. The Morgan fingerprint density at radius 3 is 2.47 bits per heavy atom. The Morgan fingerprint density at radius 1 is 1.26 bits per heavy atom. The van der Waals surface area contributed by atoms with Crippen LogP contribution in [0.4, 0.5) is 5.82 Å². The fraction of sp³-hybridized carbons (Fsp3) is 0.500. The number of carbonyl (C=O) groups is 2. The minimum atomic E-state index is -0.751. The quantitative estimate of drug-likeness (QED) is 0.875. The van der Waals surface area contributed by atoms with E-state index in [1.807, 2.05) is 19.1 Å². The summed E-state index contributed by atoms with van der Waals surface area (Å²) in [7, 11) is 0. The molecule has 1 saturated carbocycles. The third kappa shape index (κ3) is 3.30. The molecule has 1 aliphatic carbocycles. The van der Waals surface area contributed by atoms with Crippen molar-refractivity contribution in [1.29, 1.82) is 0 Å². The lowest BCUT2D eigenvalue weighted by molar-refractivity contribution is -0.143. The molecule has 1 fully saturated rings. The normalized spacial score (nSPS) is 22.8. The number of aliphatic carboxylic acids is 1. The fourth-order valence-corrected chi connectivity index (χ4v) is 2.44. The Morgan fingerprint density at radius 2 is 1.89 bits per heavy atom. The molecule has 0 unspecified atom stereocenters. The first-order valence-corrected chi connectivity index (χ1v) is 6.53. The molecule has 0 spiro atoms. The fourth-order valence-electron chi connectivity index (χ4n) is 2.44. The number of amides is 1. The van der Waals surface area contributed by atoms with Crippen LogP contribution in [-0.2, 0) is 9.59 Å². The number of hydrogen-bond donors (Lipinski definition) is 2. The van der Waals surface area contributed by atoms with Gasteiger partial charge >= 0.3 is 5.97 Å². The van der Waals surface area contributed by atoms with Crippen molar-refractivity contribution in [2.45, 2.75) is 32.6 Å². The molecule has 0 aliphatic heterocycles. The molecule has 0 atom stereocenters. The summed E-state index contributed by atoms with van der Waals surface area (Å²) in [5, 5.41) is 11.8. The molecular weight excluding hydrogens is 244 g/mol. The van der Waals surface area contributed by atoms with Gasteiger partial charge in [0.05, 0.1) is 5.92 Å². The monoisotopic (exact) mass is 262 g/mol. The average Bonchev–Trinajstić information content (AvgIpc) is 2.41. The van der Waals surface area contributed by atoms with Crippen molar-refractivity contribution in [3.63, 3.8) is 0 Å². The van der Waals surface area contributed by atoms with Gasteiger partial charge in [0.2, 0.25) is 5.91 Å². The van der Waals surface area contributed by atoms with Crippen molar-refractivity contribution in [3.8, 4) is 0 Å². The van der Waals surface area contributed by atoms with Crippen LogP contribution >= 0.6 is 0 Å². The third-order valence-electron chi connectivity index (χ3n) is 3.70. The van der Waals surface area contributed by atoms with E-state index < -0.39 is 5.97 Å². The first kappa shape index (κ1) is 13.5. The highest BCUT2D eigenvalue weighted by molar-refractivity contribution is 5.92. The Kier molecular flexibility index (Phi) is 4.14. The van der Waals surface area contributed by atoms with Crippen molar-refractivity contribution in [2.24, 2.45) is 11.8 Å². The van der Waals surface area contributed by atoms with Crippen molar-refractivity contribution in [1.82, 2.24) is 4.98 Å². The zero-order valence-corrected chi connectivity index (χ0v) is 10.9. The molecule has 0 saturated heterocycles. The average molecular weight is 262 g/mol. The summed E-state index contributed by atoms with van der Waals surface area (Å²) in [6.07, 6.45) is 4.07. The second-order valence-corrected chi connectivity index (χ2v) is 5.04. The second-order valence-electron chi connectivity index (χ2n) is 5.04. The molecule has 1 aromatic rings. The van der Waals surface area contributed by atoms with Gasteiger partial charge in [0.25, 0.3) is 0 Å². The van der Waals surface area contributed by atoms with Gasteiger partial charge < -0.3 is 10.4 Å². The Balaban J connectivity index is 1.92. The smallest absolute Gasteiger partial charge is 0.306 e. The van der Waals surface area contributed by atoms with Crippen molar-refractivity contribution in [2.75, 3.05) is 5.32 Å². The molecule has 1 aromatic heterocycles. The summed E-state index contributed by atoms with van der Waals surface area (Å²) < 4.78 is 0. The zero-order chi connectivity index (χ0) is 13.8. The van der Waals surface area contributed by atoms with Crippen LogP contribution in [0.5, 0.6) is 0 Å². The van der Waals surface area contributed by atoms with Gasteiger partial charge in [0, 0.05) is 12.1 Å². The molecule has 0 bridgehead atoms. The van der Waals surface area contributed by atoms with Crippen LogP contribution in [0.25, 0.3) is 0 Å². The molecule has 2 N–H and O–H groups in total. The number of carboxylic acid groups (broad SMARTS) is 1. The van der Waals surface area contributed by atoms with Gasteiger partial charge in [-0.25, -0.2) is 4.98 Å². The van der Waals surface area contributed by atoms with Crippen molar-refractivity contribution in [3.05, 3.63) is 23.9 Å². The minimum absolute atomic E-state index is 0.0503. The first-order chi connectivity index (χ1) is 9.08. The van der Waals surface area contributed by atoms with Gasteiger partial charge in [-0.05, 0) is 44.2 Å². The van der Waals surface area contributed by atoms with Crippen LogP contribution in [-0.4, -0.2) is 22.0 Å². The van der Waals surface area contributed by atoms with Crippen LogP contribution in [0.15, 0.2) is 18.3 Å². The van der Waals surface area contributed by atoms with Gasteiger partial charge in [0.1, 0.15) is 5.82 Å². The molecule has 2 rings (SSSR count). The predicted molar refractivity (Wildman–Crippen MR) is 70.7 cm³/mol. The second kappa shape index (κ2) is 5.82. The summed E-state index contributed by atoms with van der Waals surface area (Å²) in [6.45, 7) is 1.89. The summed E-state index contributed by atoms with van der Waals surface area (Å²) >= 11 is 0. The standard InChI is InChI=1S/C14H18N2O3/c1-9-3-2-8-15-12(9)16-13(17)10-4-6-11(7-5-10)14(18)19/h2-3,8,10-11H,4-7H2,1H3,(H,18,19)(H,15,16,17). The first-order valence-electron chi connectivity index (χ1n) is 6.53. The molecule has 1 aliphatic rings. The van der Waals surface area contributed by atoms with E-state index in [1.165, 1.54) is 0 Å². The van der Waals surface area contributed by atoms with E-state index in [1.54, 1.807) is 6.20 Å². The number of nitrogens with one attached hydrogen (secondary N) is 1. The molecule has 0 radical (unpaired) electrons. The summed E-state index contributed by atoms with van der Waals surface area (Å²) in [4.78, 5) is 27.1. The molecule has 102 valence electrons. The number of anilines is 1. The topological polar surface area (TPSA) is 79.3 Å². The van der Waals surface area contributed by atoms with E-state index in [0.29, 0.717) is 31.5 Å². The Labute approximate surface area is 112 Å². The molecule has 5 heteroatoms. The largest absolute Gasteiger partial charge is 0.481 e. The summed E-state index contributed by atoms with van der Waals surface area (Å²) in [5.74, 6) is -0.601. The van der Waals surface area contributed by atoms with E-state index in [9.17, 15) is 9.59 Å². The lowest BCUT2D eigenvalue weighted by atomic mass is 9.81. The molecule has 1 heterocycles. The van der Waals surface area contributed by atoms with Gasteiger partial charge in [0.15, 0.2) is 0 Å². The van der Waals surface area contributed by atoms with E-state index >= 15 is 0 Å². The van der Waals surface area contributed by atoms with Crippen molar-refractivity contribution < 1.29 is 14.7 Å². The SMILES string of the molecule is Cc1cccnc1NC(=O)C1CCC(C(=O)O)CC1. The lowest BCUT2D eigenvalue weighted by Gasteiger charge is -2.25. The number of nitrogens with zero attached hydrogens (tertiary/aromatic N) is 1. The maximum Gasteiger partial charge on any atom is 0.306 e. The molecule has 0 aromatic carbocycles. The number of rotatable bonds is 3. The Bertz CT molecular complexity index is 479. The van der Waals surface area contributed by atoms with E-state index in [2.05, 4.69) is 10.3 Å². The van der Waals surface area contributed by atoms with Crippen LogP contribution < -0.4 is 5.32 Å². The molecular formula is C14H18N2O3. The van der Waals surface area contributed by atoms with Crippen LogP contribution in [0.3, 0.4) is 0 Å². The minimum Gasteiger partial charge on any atom is -0.481 e. The Hall–Kier alpha value is -1.91. The maximum absolute atomic E-state index is 12.1. The highest BCUT2D eigenvalue weighted by atomic mass is 16.4. The molecule has 5 nitrogen and oxygen atoms in total. The molecule has 19 heavy (non-hydrogen) atoms. The van der Waals surface area contributed by atoms with E-state index in [-0.39, 0.29) is 17.7 Å². The number of pyridine rings is 1. The number of aromatic nitrogens is 1. The zero-order valence-electron chi connectivity index (χ0n) is 10.9. The number of hydrogen-bond acceptors (Lipinski definition) is 3. The van der Waals surface area contributed by atoms with Gasteiger partial charge in [-0.3, -0.25) is 9.59 Å². The lowest BCUT2D eigenvalue weighted by Crippen LogP contribution is -2.30. The predicted octanol–water partition coefficient (Wildman–Crippen LogP) is 2.22. The summed E-state index contributed by atoms with van der Waals surface area (Å²) in [5.41, 5.74) is 0.926. The summed E-state index contributed by atoms with van der Waals surface area (Å²) in [6, 6.07) is 3.72. The van der Waals surface area contributed by atoms with E-state index in [0.717, 1.165) is 5.56 Å². The van der Waals surface area contributed by atoms with Crippen LogP contribution in [0.1, 0.15) is 31.2 Å². The van der Waals surface area contributed by atoms with Gasteiger partial charge in [-0.1, -0.05) is 6.07 Å². The number of carbonyl (C=O) groups excluding carboxylic acids is 1. The van der Waals surface area contributed by atoms with Gasteiger partial charge in [-0.2, -0.15) is 0 Å². The van der Waals surface area contributed by atoms with Crippen LogP contribution in [0.2, 0.25) is 0 Å². The highest BCUT2D eigenvalue weighted by Crippen LogP contribution is 2.29. The molecule has 1 amide bonds. The van der Waals surface area contributed by atoms with E-state index in [4.69, 9.17) is 5.11 Å². The maximum atomic E-state index is 12.1. The third-order valence-corrected chi connectivity index (χ3v) is 3.70. The highest BCUT2D eigenvalue weighted by Gasteiger charge is 2.29.